The van der Waals surface area contributed by atoms with Crippen LogP contribution in [0.2, 0.25) is 0 Å². The molecule has 18 heavy (non-hydrogen) atoms. The summed E-state index contributed by atoms with van der Waals surface area (Å²) in [6.45, 7) is -0.299. The molecule has 0 fully saturated rings. The van der Waals surface area contributed by atoms with Gasteiger partial charge in [0.1, 0.15) is 5.82 Å². The van der Waals surface area contributed by atoms with Crippen molar-refractivity contribution in [3.63, 3.8) is 0 Å². The minimum atomic E-state index is -2.56. The quantitative estimate of drug-likeness (QED) is 0.889. The van der Waals surface area contributed by atoms with Gasteiger partial charge in [0.15, 0.2) is 0 Å². The van der Waals surface area contributed by atoms with E-state index < -0.39 is 6.55 Å². The van der Waals surface area contributed by atoms with Gasteiger partial charge in [-0.05, 0) is 24.6 Å². The van der Waals surface area contributed by atoms with Gasteiger partial charge < -0.3 is 5.32 Å². The molecule has 0 bridgehead atoms. The molecule has 0 radical (unpaired) electrons. The van der Waals surface area contributed by atoms with Crippen LogP contribution >= 0.6 is 0 Å². The van der Waals surface area contributed by atoms with E-state index in [9.17, 15) is 8.78 Å². The molecule has 0 aromatic carbocycles. The van der Waals surface area contributed by atoms with Crippen LogP contribution in [0.1, 0.15) is 30.9 Å². The van der Waals surface area contributed by atoms with Gasteiger partial charge in [-0.2, -0.15) is 8.78 Å². The van der Waals surface area contributed by atoms with Gasteiger partial charge in [0, 0.05) is 30.8 Å². The summed E-state index contributed by atoms with van der Waals surface area (Å²) in [4.78, 5) is 7.84. The van der Waals surface area contributed by atoms with E-state index >= 15 is 0 Å². The third-order valence-electron chi connectivity index (χ3n) is 2.73. The zero-order valence-electron chi connectivity index (χ0n) is 9.92. The van der Waals surface area contributed by atoms with E-state index in [1.54, 1.807) is 12.4 Å². The van der Waals surface area contributed by atoms with E-state index in [0.717, 1.165) is 10.1 Å². The molecule has 96 valence electrons. The second kappa shape index (κ2) is 5.68. The first-order chi connectivity index (χ1) is 8.68. The van der Waals surface area contributed by atoms with E-state index in [-0.39, 0.29) is 6.04 Å². The maximum atomic E-state index is 12.6. The number of aromatic nitrogens is 3. The Morgan fingerprint density at radius 2 is 2.00 bits per heavy atom. The SMILES string of the molecule is C[C@@H](NCc1nccn1C(F)F)c1ccncc1. The number of pyridine rings is 1. The summed E-state index contributed by atoms with van der Waals surface area (Å²) in [5.41, 5.74) is 1.06. The van der Waals surface area contributed by atoms with Gasteiger partial charge in [0.05, 0.1) is 6.54 Å². The molecule has 6 heteroatoms. The molecule has 0 saturated heterocycles. The second-order valence-electron chi connectivity index (χ2n) is 3.91. The lowest BCUT2D eigenvalue weighted by Crippen LogP contribution is -2.20. The van der Waals surface area contributed by atoms with Gasteiger partial charge in [-0.15, -0.1) is 0 Å². The normalized spacial score (nSPS) is 12.9. The Bertz CT molecular complexity index is 484. The number of alkyl halides is 2. The highest BCUT2D eigenvalue weighted by molar-refractivity contribution is 5.14. The summed E-state index contributed by atoms with van der Waals surface area (Å²) < 4.78 is 26.0. The first-order valence-corrected chi connectivity index (χ1v) is 5.61. The minimum absolute atomic E-state index is 0.0517. The van der Waals surface area contributed by atoms with Crippen LogP contribution in [0.3, 0.4) is 0 Å². The van der Waals surface area contributed by atoms with Gasteiger partial charge in [0.25, 0.3) is 0 Å². The van der Waals surface area contributed by atoms with Gasteiger partial charge >= 0.3 is 6.55 Å². The molecule has 1 N–H and O–H groups in total. The molecule has 0 aliphatic rings. The van der Waals surface area contributed by atoms with Crippen molar-refractivity contribution in [2.45, 2.75) is 26.1 Å². The Morgan fingerprint density at radius 1 is 1.28 bits per heavy atom. The lowest BCUT2D eigenvalue weighted by atomic mass is 10.1. The van der Waals surface area contributed by atoms with Gasteiger partial charge in [-0.1, -0.05) is 0 Å². The van der Waals surface area contributed by atoms with Crippen LogP contribution in [-0.4, -0.2) is 14.5 Å². The molecule has 0 unspecified atom stereocenters. The van der Waals surface area contributed by atoms with Crippen molar-refractivity contribution >= 4 is 0 Å². The van der Waals surface area contributed by atoms with E-state index in [2.05, 4.69) is 15.3 Å². The highest BCUT2D eigenvalue weighted by atomic mass is 19.3. The zero-order chi connectivity index (χ0) is 13.0. The van der Waals surface area contributed by atoms with E-state index in [4.69, 9.17) is 0 Å². The topological polar surface area (TPSA) is 42.7 Å². The molecule has 2 rings (SSSR count). The molecule has 4 nitrogen and oxygen atoms in total. The number of nitrogens with one attached hydrogen (secondary N) is 1. The Labute approximate surface area is 104 Å². The molecule has 0 aliphatic carbocycles. The summed E-state index contributed by atoms with van der Waals surface area (Å²) >= 11 is 0. The smallest absolute Gasteiger partial charge is 0.303 e. The van der Waals surface area contributed by atoms with Crippen LogP contribution < -0.4 is 5.32 Å². The third-order valence-corrected chi connectivity index (χ3v) is 2.73. The second-order valence-corrected chi connectivity index (χ2v) is 3.91. The van der Waals surface area contributed by atoms with E-state index in [1.807, 2.05) is 19.1 Å². The summed E-state index contributed by atoms with van der Waals surface area (Å²) in [6.07, 6.45) is 6.06. The van der Waals surface area contributed by atoms with Crippen molar-refractivity contribution in [1.29, 1.82) is 0 Å². The number of hydrogen-bond acceptors (Lipinski definition) is 3. The van der Waals surface area contributed by atoms with Crippen molar-refractivity contribution in [2.75, 3.05) is 0 Å². The standard InChI is InChI=1S/C12H14F2N4/c1-9(10-2-4-15-5-3-10)17-8-11-16-6-7-18(11)12(13)14/h2-7,9,12,17H,8H2,1H3/t9-/m1/s1. The molecule has 0 saturated carbocycles. The maximum Gasteiger partial charge on any atom is 0.319 e. The Kier molecular flexibility index (Phi) is 3.99. The monoisotopic (exact) mass is 252 g/mol. The lowest BCUT2D eigenvalue weighted by molar-refractivity contribution is 0.0665. The fraction of sp³-hybridized carbons (Fsp3) is 0.333. The molecular formula is C12H14F2N4. The summed E-state index contributed by atoms with van der Waals surface area (Å²) in [6, 6.07) is 3.82. The molecule has 2 aromatic heterocycles. The van der Waals surface area contributed by atoms with Crippen LogP contribution in [0.15, 0.2) is 36.9 Å². The molecular weight excluding hydrogens is 238 g/mol. The minimum Gasteiger partial charge on any atom is -0.303 e. The van der Waals surface area contributed by atoms with Crippen LogP contribution in [0.25, 0.3) is 0 Å². The number of hydrogen-bond donors (Lipinski definition) is 1. The van der Waals surface area contributed by atoms with Crippen molar-refractivity contribution in [2.24, 2.45) is 0 Å². The summed E-state index contributed by atoms with van der Waals surface area (Å²) in [5.74, 6) is 0.325. The largest absolute Gasteiger partial charge is 0.319 e. The molecule has 0 amide bonds. The Hall–Kier alpha value is -1.82. The Balaban J connectivity index is 1.97. The average Bonchev–Trinajstić information content (AvgIpc) is 2.85. The first-order valence-electron chi connectivity index (χ1n) is 5.61. The maximum absolute atomic E-state index is 12.6. The fourth-order valence-electron chi connectivity index (χ4n) is 1.67. The lowest BCUT2D eigenvalue weighted by Gasteiger charge is -2.14. The molecule has 1 atom stereocenters. The molecule has 2 aromatic rings. The number of imidazole rings is 1. The van der Waals surface area contributed by atoms with Crippen molar-refractivity contribution in [1.82, 2.24) is 19.9 Å². The highest BCUT2D eigenvalue weighted by Crippen LogP contribution is 2.14. The Morgan fingerprint density at radius 3 is 2.67 bits per heavy atom. The third kappa shape index (κ3) is 2.89. The van der Waals surface area contributed by atoms with E-state index in [1.165, 1.54) is 12.4 Å². The molecule has 2 heterocycles. The summed E-state index contributed by atoms with van der Waals surface area (Å²) in [5, 5.41) is 3.15. The van der Waals surface area contributed by atoms with Crippen LogP contribution in [-0.2, 0) is 6.54 Å². The number of rotatable bonds is 5. The van der Waals surface area contributed by atoms with Crippen LogP contribution in [0.4, 0.5) is 8.78 Å². The fourth-order valence-corrected chi connectivity index (χ4v) is 1.67. The molecule has 0 spiro atoms. The predicted molar refractivity (Wildman–Crippen MR) is 63.0 cm³/mol. The number of nitrogens with zero attached hydrogens (tertiary/aromatic N) is 3. The predicted octanol–water partition coefficient (Wildman–Crippen LogP) is 2.52. The van der Waals surface area contributed by atoms with Gasteiger partial charge in [-0.3, -0.25) is 9.55 Å². The van der Waals surface area contributed by atoms with Gasteiger partial charge in [0.2, 0.25) is 0 Å². The zero-order valence-corrected chi connectivity index (χ0v) is 9.92. The van der Waals surface area contributed by atoms with E-state index in [0.29, 0.717) is 12.4 Å². The number of halogens is 2. The first kappa shape index (κ1) is 12.6. The highest BCUT2D eigenvalue weighted by Gasteiger charge is 2.12. The van der Waals surface area contributed by atoms with Gasteiger partial charge in [-0.25, -0.2) is 4.98 Å². The van der Waals surface area contributed by atoms with Crippen molar-refractivity contribution in [3.8, 4) is 0 Å². The van der Waals surface area contributed by atoms with Crippen LogP contribution in [0, 0.1) is 0 Å². The molecule has 0 aliphatic heterocycles. The summed E-state index contributed by atoms with van der Waals surface area (Å²) in [7, 11) is 0. The van der Waals surface area contributed by atoms with Crippen molar-refractivity contribution in [3.05, 3.63) is 48.3 Å². The van der Waals surface area contributed by atoms with Crippen molar-refractivity contribution < 1.29 is 8.78 Å². The average molecular weight is 252 g/mol. The van der Waals surface area contributed by atoms with Crippen LogP contribution in [0.5, 0.6) is 0 Å².